The Morgan fingerprint density at radius 3 is 2.19 bits per heavy atom. The molecule has 5 nitrogen and oxygen atoms in total. The monoisotopic (exact) mass is 455 g/mol. The van der Waals surface area contributed by atoms with Gasteiger partial charge in [-0.3, -0.25) is 4.79 Å². The summed E-state index contributed by atoms with van der Waals surface area (Å²) in [5, 5.41) is 3.50. The van der Waals surface area contributed by atoms with Crippen molar-refractivity contribution in [2.45, 2.75) is 85.4 Å². The number of methoxy groups -OCH3 is 1. The average molecular weight is 456 g/mol. The summed E-state index contributed by atoms with van der Waals surface area (Å²) in [4.78, 5) is 13.4. The van der Waals surface area contributed by atoms with E-state index in [2.05, 4.69) is 39.9 Å². The molecule has 0 spiro atoms. The number of amides is 1. The van der Waals surface area contributed by atoms with E-state index in [1.54, 1.807) is 19.2 Å². The van der Waals surface area contributed by atoms with Crippen molar-refractivity contribution in [1.82, 2.24) is 0 Å². The Bertz CT molecular complexity index is 678. The Morgan fingerprint density at radius 1 is 1.10 bits per heavy atom. The molecule has 1 amide bonds. The van der Waals surface area contributed by atoms with Crippen LogP contribution in [-0.4, -0.2) is 37.4 Å². The first kappa shape index (κ1) is 27.7. The number of hydrogen-bond donors (Lipinski definition) is 1. The molecule has 1 aromatic carbocycles. The zero-order valence-corrected chi connectivity index (χ0v) is 21.4. The smallest absolute Gasteiger partial charge is 0.256 e. The zero-order chi connectivity index (χ0) is 23.7. The molecule has 31 heavy (non-hydrogen) atoms. The lowest BCUT2D eigenvalue weighted by Gasteiger charge is -2.35. The van der Waals surface area contributed by atoms with Crippen LogP contribution in [-0.2, 0) is 14.3 Å². The summed E-state index contributed by atoms with van der Waals surface area (Å²) in [6, 6.07) is 5.33. The van der Waals surface area contributed by atoms with Crippen LogP contribution in [0, 0.1) is 11.8 Å². The molecule has 0 saturated carbocycles. The van der Waals surface area contributed by atoms with Gasteiger partial charge in [-0.15, -0.1) is 0 Å². The highest BCUT2D eigenvalue weighted by molar-refractivity contribution is 6.32. The van der Waals surface area contributed by atoms with Crippen molar-refractivity contribution in [1.29, 1.82) is 0 Å². The van der Waals surface area contributed by atoms with Crippen LogP contribution in [0.2, 0.25) is 5.02 Å². The van der Waals surface area contributed by atoms with E-state index in [4.69, 9.17) is 25.8 Å². The fourth-order valence-electron chi connectivity index (χ4n) is 3.52. The molecule has 6 heteroatoms. The van der Waals surface area contributed by atoms with E-state index in [0.717, 1.165) is 12.8 Å². The van der Waals surface area contributed by atoms with Crippen molar-refractivity contribution in [3.63, 3.8) is 0 Å². The minimum Gasteiger partial charge on any atom is -0.492 e. The fourth-order valence-corrected chi connectivity index (χ4v) is 3.75. The molecule has 0 unspecified atom stereocenters. The highest BCUT2D eigenvalue weighted by Gasteiger charge is 2.40. The number of hydrogen-bond acceptors (Lipinski definition) is 4. The summed E-state index contributed by atoms with van der Waals surface area (Å²) in [6.07, 6.45) is 2.94. The number of nitrogens with one attached hydrogen (secondary N) is 1. The molecular formula is C25H42ClNO4. The van der Waals surface area contributed by atoms with Crippen molar-refractivity contribution in [3.8, 4) is 5.75 Å². The van der Waals surface area contributed by atoms with Crippen molar-refractivity contribution in [2.75, 3.05) is 25.6 Å². The van der Waals surface area contributed by atoms with Gasteiger partial charge in [0.05, 0.1) is 17.2 Å². The standard InChI is InChI=1S/C25H42ClNO4/c1-9-13-31-25(16-18(2)3,17-19(4)5)23(28)27-20-10-11-22(21(26)15-20)30-14-12-24(6,7)29-8/h10-11,15,18-19H,9,12-14,16-17H2,1-8H3,(H,27,28). The van der Waals surface area contributed by atoms with E-state index < -0.39 is 5.60 Å². The SMILES string of the molecule is CCCOC(CC(C)C)(CC(C)C)C(=O)Nc1ccc(OCCC(C)(C)OC)c(Cl)c1. The van der Waals surface area contributed by atoms with Gasteiger partial charge in [0.15, 0.2) is 0 Å². The van der Waals surface area contributed by atoms with Gasteiger partial charge in [-0.05, 0) is 63.1 Å². The average Bonchev–Trinajstić information content (AvgIpc) is 2.66. The lowest BCUT2D eigenvalue weighted by atomic mass is 9.83. The van der Waals surface area contributed by atoms with Gasteiger partial charge in [-0.1, -0.05) is 46.2 Å². The van der Waals surface area contributed by atoms with Crippen LogP contribution in [0.15, 0.2) is 18.2 Å². The number of carbonyl (C=O) groups excluding carboxylic acids is 1. The Hall–Kier alpha value is -1.30. The molecule has 0 aromatic heterocycles. The van der Waals surface area contributed by atoms with Crippen LogP contribution in [0.3, 0.4) is 0 Å². The number of anilines is 1. The summed E-state index contributed by atoms with van der Waals surface area (Å²) in [7, 11) is 1.69. The largest absolute Gasteiger partial charge is 0.492 e. The molecule has 0 aliphatic heterocycles. The van der Waals surface area contributed by atoms with Crippen LogP contribution in [0.5, 0.6) is 5.75 Å². The Labute approximate surface area is 194 Å². The second kappa shape index (κ2) is 12.7. The van der Waals surface area contributed by atoms with E-state index >= 15 is 0 Å². The molecule has 0 heterocycles. The maximum atomic E-state index is 13.4. The van der Waals surface area contributed by atoms with Crippen LogP contribution in [0.25, 0.3) is 0 Å². The predicted octanol–water partition coefficient (Wildman–Crippen LogP) is 6.73. The number of rotatable bonds is 14. The maximum absolute atomic E-state index is 13.4. The third-order valence-corrected chi connectivity index (χ3v) is 5.47. The topological polar surface area (TPSA) is 56.8 Å². The van der Waals surface area contributed by atoms with Gasteiger partial charge in [-0.2, -0.15) is 0 Å². The van der Waals surface area contributed by atoms with E-state index in [-0.39, 0.29) is 11.5 Å². The van der Waals surface area contributed by atoms with E-state index in [1.807, 2.05) is 19.9 Å². The lowest BCUT2D eigenvalue weighted by molar-refractivity contribution is -0.147. The molecule has 1 aromatic rings. The number of ether oxygens (including phenoxy) is 3. The van der Waals surface area contributed by atoms with Gasteiger partial charge in [0.25, 0.3) is 5.91 Å². The summed E-state index contributed by atoms with van der Waals surface area (Å²) in [6.45, 7) is 15.6. The minimum absolute atomic E-state index is 0.116. The quantitative estimate of drug-likeness (QED) is 0.338. The third-order valence-electron chi connectivity index (χ3n) is 5.18. The molecule has 0 bridgehead atoms. The van der Waals surface area contributed by atoms with E-state index in [1.165, 1.54) is 0 Å². The normalized spacial score (nSPS) is 12.5. The summed E-state index contributed by atoms with van der Waals surface area (Å²) >= 11 is 6.42. The Morgan fingerprint density at radius 2 is 1.71 bits per heavy atom. The molecule has 0 radical (unpaired) electrons. The van der Waals surface area contributed by atoms with Crippen molar-refractivity contribution >= 4 is 23.2 Å². The second-order valence-corrected chi connectivity index (χ2v) is 10.1. The molecule has 178 valence electrons. The van der Waals surface area contributed by atoms with Gasteiger partial charge >= 0.3 is 0 Å². The number of benzene rings is 1. The van der Waals surface area contributed by atoms with Gasteiger partial charge in [0, 0.05) is 25.8 Å². The van der Waals surface area contributed by atoms with Crippen LogP contribution in [0.1, 0.15) is 74.1 Å². The first-order chi connectivity index (χ1) is 14.4. The van der Waals surface area contributed by atoms with E-state index in [0.29, 0.717) is 54.4 Å². The van der Waals surface area contributed by atoms with Gasteiger partial charge < -0.3 is 19.5 Å². The van der Waals surface area contributed by atoms with Crippen molar-refractivity contribution in [3.05, 3.63) is 23.2 Å². The highest BCUT2D eigenvalue weighted by atomic mass is 35.5. The number of carbonyl (C=O) groups is 1. The molecule has 0 atom stereocenters. The third kappa shape index (κ3) is 9.38. The lowest BCUT2D eigenvalue weighted by Crippen LogP contribution is -2.47. The minimum atomic E-state index is -0.855. The van der Waals surface area contributed by atoms with Crippen LogP contribution in [0.4, 0.5) is 5.69 Å². The van der Waals surface area contributed by atoms with Crippen LogP contribution >= 0.6 is 11.6 Å². The van der Waals surface area contributed by atoms with Gasteiger partial charge in [0.2, 0.25) is 0 Å². The molecule has 0 aliphatic carbocycles. The molecule has 1 rings (SSSR count). The molecular weight excluding hydrogens is 414 g/mol. The van der Waals surface area contributed by atoms with Crippen LogP contribution < -0.4 is 10.1 Å². The molecule has 0 aliphatic rings. The summed E-state index contributed by atoms with van der Waals surface area (Å²) in [5.41, 5.74) is -0.475. The van der Waals surface area contributed by atoms with Crippen molar-refractivity contribution in [2.24, 2.45) is 11.8 Å². The highest BCUT2D eigenvalue weighted by Crippen LogP contribution is 2.33. The first-order valence-corrected chi connectivity index (χ1v) is 11.8. The zero-order valence-electron chi connectivity index (χ0n) is 20.6. The maximum Gasteiger partial charge on any atom is 0.256 e. The molecule has 0 saturated heterocycles. The Kier molecular flexibility index (Phi) is 11.3. The number of halogens is 1. The second-order valence-electron chi connectivity index (χ2n) is 9.70. The molecule has 0 fully saturated rings. The van der Waals surface area contributed by atoms with Crippen molar-refractivity contribution < 1.29 is 19.0 Å². The van der Waals surface area contributed by atoms with Gasteiger partial charge in [-0.25, -0.2) is 0 Å². The Balaban J connectivity index is 2.96. The fraction of sp³-hybridized carbons (Fsp3) is 0.720. The first-order valence-electron chi connectivity index (χ1n) is 11.4. The summed E-state index contributed by atoms with van der Waals surface area (Å²) < 4.78 is 17.4. The molecule has 1 N–H and O–H groups in total. The predicted molar refractivity (Wildman–Crippen MR) is 129 cm³/mol. The summed E-state index contributed by atoms with van der Waals surface area (Å²) in [5.74, 6) is 1.13. The van der Waals surface area contributed by atoms with Gasteiger partial charge in [0.1, 0.15) is 11.4 Å². The van der Waals surface area contributed by atoms with E-state index in [9.17, 15) is 4.79 Å².